The van der Waals surface area contributed by atoms with Crippen molar-refractivity contribution in [3.63, 3.8) is 0 Å². The highest BCUT2D eigenvalue weighted by Gasteiger charge is 2.22. The van der Waals surface area contributed by atoms with Crippen molar-refractivity contribution >= 4 is 11.6 Å². The molecule has 1 fully saturated rings. The number of anilines is 1. The summed E-state index contributed by atoms with van der Waals surface area (Å²) in [4.78, 5) is 20.1. The second-order valence-corrected chi connectivity index (χ2v) is 5.25. The van der Waals surface area contributed by atoms with E-state index >= 15 is 0 Å². The number of benzene rings is 1. The molecule has 2 heterocycles. The van der Waals surface area contributed by atoms with Crippen LogP contribution in [0, 0.1) is 6.92 Å². The fraction of sp³-hybridized carbons (Fsp3) is 0.312. The van der Waals surface area contributed by atoms with Crippen LogP contribution >= 0.6 is 0 Å². The monoisotopic (exact) mass is 298 g/mol. The smallest absolute Gasteiger partial charge is 0.321 e. The molecule has 114 valence electrons. The van der Waals surface area contributed by atoms with E-state index in [1.807, 2.05) is 19.1 Å². The zero-order valence-electron chi connectivity index (χ0n) is 12.4. The third kappa shape index (κ3) is 3.40. The van der Waals surface area contributed by atoms with E-state index < -0.39 is 0 Å². The topological polar surface area (TPSA) is 76.1 Å². The van der Waals surface area contributed by atoms with Crippen LogP contribution in [0.2, 0.25) is 0 Å². The molecule has 6 heteroatoms. The highest BCUT2D eigenvalue weighted by molar-refractivity contribution is 5.95. The van der Waals surface area contributed by atoms with Gasteiger partial charge >= 0.3 is 6.01 Å². The summed E-state index contributed by atoms with van der Waals surface area (Å²) in [6.07, 6.45) is 5.18. The second kappa shape index (κ2) is 6.53. The number of rotatable bonds is 4. The lowest BCUT2D eigenvalue weighted by atomic mass is 10.1. The first-order valence-electron chi connectivity index (χ1n) is 7.32. The van der Waals surface area contributed by atoms with Crippen molar-refractivity contribution < 1.29 is 9.53 Å². The Kier molecular flexibility index (Phi) is 4.29. The number of aryl methyl sites for hydroxylation is 1. The number of amides is 1. The van der Waals surface area contributed by atoms with Crippen molar-refractivity contribution in [3.05, 3.63) is 42.2 Å². The Hall–Kier alpha value is -2.47. The van der Waals surface area contributed by atoms with Crippen LogP contribution in [0.1, 0.15) is 18.4 Å². The van der Waals surface area contributed by atoms with Crippen LogP contribution in [-0.4, -0.2) is 28.5 Å². The van der Waals surface area contributed by atoms with Gasteiger partial charge in [0.1, 0.15) is 5.75 Å². The number of carbonyl (C=O) groups is 1. The highest BCUT2D eigenvalue weighted by atomic mass is 16.5. The maximum Gasteiger partial charge on any atom is 0.321 e. The Balaban J connectivity index is 1.68. The number of hydrogen-bond acceptors (Lipinski definition) is 5. The van der Waals surface area contributed by atoms with E-state index in [1.165, 1.54) is 0 Å². The second-order valence-electron chi connectivity index (χ2n) is 5.25. The lowest BCUT2D eigenvalue weighted by Gasteiger charge is -2.13. The van der Waals surface area contributed by atoms with Crippen LogP contribution in [0.5, 0.6) is 11.8 Å². The van der Waals surface area contributed by atoms with Crippen LogP contribution in [0.3, 0.4) is 0 Å². The van der Waals surface area contributed by atoms with Gasteiger partial charge in [0.25, 0.3) is 0 Å². The third-order valence-electron chi connectivity index (χ3n) is 3.58. The van der Waals surface area contributed by atoms with Gasteiger partial charge < -0.3 is 15.4 Å². The minimum Gasteiger partial charge on any atom is -0.424 e. The zero-order chi connectivity index (χ0) is 15.4. The van der Waals surface area contributed by atoms with Gasteiger partial charge in [0.15, 0.2) is 0 Å². The molecule has 0 spiro atoms. The summed E-state index contributed by atoms with van der Waals surface area (Å²) in [5, 5.41) is 6.14. The molecule has 2 aromatic rings. The highest BCUT2D eigenvalue weighted by Crippen LogP contribution is 2.24. The molecular formula is C16H18N4O2. The normalized spacial score (nSPS) is 17.2. The van der Waals surface area contributed by atoms with Gasteiger partial charge in [-0.15, -0.1) is 0 Å². The summed E-state index contributed by atoms with van der Waals surface area (Å²) in [5.41, 5.74) is 1.72. The molecule has 0 bridgehead atoms. The summed E-state index contributed by atoms with van der Waals surface area (Å²) in [7, 11) is 0. The molecule has 22 heavy (non-hydrogen) atoms. The van der Waals surface area contributed by atoms with E-state index in [1.54, 1.807) is 24.5 Å². The van der Waals surface area contributed by atoms with Crippen molar-refractivity contribution in [1.29, 1.82) is 0 Å². The molecule has 1 saturated heterocycles. The Morgan fingerprint density at radius 3 is 2.86 bits per heavy atom. The number of nitrogens with one attached hydrogen (secondary N) is 2. The molecule has 0 radical (unpaired) electrons. The quantitative estimate of drug-likeness (QED) is 0.905. The molecule has 1 aliphatic rings. The summed E-state index contributed by atoms with van der Waals surface area (Å²) in [6, 6.07) is 7.42. The van der Waals surface area contributed by atoms with Crippen molar-refractivity contribution in [2.24, 2.45) is 0 Å². The zero-order valence-corrected chi connectivity index (χ0v) is 12.4. The van der Waals surface area contributed by atoms with Crippen LogP contribution in [0.25, 0.3) is 0 Å². The van der Waals surface area contributed by atoms with E-state index in [4.69, 9.17) is 4.74 Å². The lowest BCUT2D eigenvalue weighted by molar-refractivity contribution is -0.117. The Morgan fingerprint density at radius 2 is 2.18 bits per heavy atom. The van der Waals surface area contributed by atoms with Gasteiger partial charge in [-0.05, 0) is 56.1 Å². The summed E-state index contributed by atoms with van der Waals surface area (Å²) in [6.45, 7) is 2.83. The molecule has 1 unspecified atom stereocenters. The van der Waals surface area contributed by atoms with Gasteiger partial charge in [0.2, 0.25) is 5.91 Å². The van der Waals surface area contributed by atoms with E-state index in [0.29, 0.717) is 11.8 Å². The van der Waals surface area contributed by atoms with Gasteiger partial charge in [-0.25, -0.2) is 9.97 Å². The van der Waals surface area contributed by atoms with Gasteiger partial charge in [0, 0.05) is 18.1 Å². The minimum atomic E-state index is -0.0898. The Labute approximate surface area is 128 Å². The standard InChI is InChI=1S/C16H18N4O2/c1-11-10-12(22-16-18-8-3-9-19-16)5-6-13(11)20-15(21)14-4-2-7-17-14/h3,5-6,8-10,14,17H,2,4,7H2,1H3,(H,20,21). The molecule has 1 aliphatic heterocycles. The summed E-state index contributed by atoms with van der Waals surface area (Å²) in [5.74, 6) is 0.654. The first-order chi connectivity index (χ1) is 10.7. The van der Waals surface area contributed by atoms with Crippen molar-refractivity contribution in [3.8, 4) is 11.8 Å². The fourth-order valence-corrected chi connectivity index (χ4v) is 2.41. The van der Waals surface area contributed by atoms with Crippen LogP contribution < -0.4 is 15.4 Å². The first kappa shape index (κ1) is 14.5. The van der Waals surface area contributed by atoms with Crippen molar-refractivity contribution in [1.82, 2.24) is 15.3 Å². The fourth-order valence-electron chi connectivity index (χ4n) is 2.41. The summed E-state index contributed by atoms with van der Waals surface area (Å²) >= 11 is 0. The average molecular weight is 298 g/mol. The predicted octanol–water partition coefficient (Wildman–Crippen LogP) is 2.27. The molecule has 2 N–H and O–H groups in total. The molecule has 0 saturated carbocycles. The maximum absolute atomic E-state index is 12.1. The molecule has 1 atom stereocenters. The predicted molar refractivity (Wildman–Crippen MR) is 82.9 cm³/mol. The largest absolute Gasteiger partial charge is 0.424 e. The van der Waals surface area contributed by atoms with Crippen LogP contribution in [0.4, 0.5) is 5.69 Å². The first-order valence-corrected chi connectivity index (χ1v) is 7.32. The average Bonchev–Trinajstić information content (AvgIpc) is 3.05. The van der Waals surface area contributed by atoms with Gasteiger partial charge in [-0.3, -0.25) is 4.79 Å². The SMILES string of the molecule is Cc1cc(Oc2ncccn2)ccc1NC(=O)C1CCCN1. The Bertz CT molecular complexity index is 654. The molecule has 6 nitrogen and oxygen atoms in total. The maximum atomic E-state index is 12.1. The number of hydrogen-bond donors (Lipinski definition) is 2. The van der Waals surface area contributed by atoms with Crippen molar-refractivity contribution in [2.45, 2.75) is 25.8 Å². The minimum absolute atomic E-state index is 0.0145. The van der Waals surface area contributed by atoms with Crippen LogP contribution in [-0.2, 0) is 4.79 Å². The van der Waals surface area contributed by atoms with Crippen LogP contribution in [0.15, 0.2) is 36.7 Å². The summed E-state index contributed by atoms with van der Waals surface area (Å²) < 4.78 is 5.57. The molecule has 1 aromatic heterocycles. The molecule has 3 rings (SSSR count). The Morgan fingerprint density at radius 1 is 1.36 bits per heavy atom. The van der Waals surface area contributed by atoms with E-state index in [0.717, 1.165) is 30.6 Å². The third-order valence-corrected chi connectivity index (χ3v) is 3.58. The lowest BCUT2D eigenvalue weighted by Crippen LogP contribution is -2.35. The molecule has 1 aromatic carbocycles. The number of ether oxygens (including phenoxy) is 1. The van der Waals surface area contributed by atoms with E-state index in [2.05, 4.69) is 20.6 Å². The number of carbonyl (C=O) groups excluding carboxylic acids is 1. The van der Waals surface area contributed by atoms with E-state index in [-0.39, 0.29) is 11.9 Å². The van der Waals surface area contributed by atoms with Gasteiger partial charge in [0.05, 0.1) is 6.04 Å². The number of nitrogens with zero attached hydrogens (tertiary/aromatic N) is 2. The van der Waals surface area contributed by atoms with Gasteiger partial charge in [-0.2, -0.15) is 0 Å². The van der Waals surface area contributed by atoms with Gasteiger partial charge in [-0.1, -0.05) is 0 Å². The molecule has 1 amide bonds. The van der Waals surface area contributed by atoms with Crippen molar-refractivity contribution in [2.75, 3.05) is 11.9 Å². The number of aromatic nitrogens is 2. The molecular weight excluding hydrogens is 280 g/mol. The van der Waals surface area contributed by atoms with E-state index in [9.17, 15) is 4.79 Å². The molecule has 0 aliphatic carbocycles.